The average Bonchev–Trinajstić information content (AvgIpc) is 2.78. The van der Waals surface area contributed by atoms with Crippen LogP contribution in [0, 0.1) is 11.3 Å². The molecule has 3 N–H and O–H groups in total. The van der Waals surface area contributed by atoms with Crippen molar-refractivity contribution in [2.24, 2.45) is 7.05 Å². The summed E-state index contributed by atoms with van der Waals surface area (Å²) in [7, 11) is 3.12. The van der Waals surface area contributed by atoms with Crippen LogP contribution in [-0.4, -0.2) is 22.8 Å². The highest BCUT2D eigenvalue weighted by molar-refractivity contribution is 6.07. The molecule has 7 heteroatoms. The van der Waals surface area contributed by atoms with Gasteiger partial charge < -0.3 is 15.8 Å². The number of nitrogens with two attached hydrogens (primary N) is 1. The topological polar surface area (TPSA) is 106 Å². The number of rotatable bonds is 3. The number of methoxy groups -OCH3 is 1. The van der Waals surface area contributed by atoms with Gasteiger partial charge in [0, 0.05) is 13.2 Å². The fourth-order valence-electron chi connectivity index (χ4n) is 1.78. The van der Waals surface area contributed by atoms with Crippen molar-refractivity contribution in [2.75, 3.05) is 18.2 Å². The number of amides is 1. The first kappa shape index (κ1) is 13.4. The van der Waals surface area contributed by atoms with E-state index in [1.54, 1.807) is 25.2 Å². The molecule has 0 bridgehead atoms. The number of nitrogens with zero attached hydrogens (tertiary/aromatic N) is 3. The normalized spacial score (nSPS) is 9.85. The maximum atomic E-state index is 12.2. The van der Waals surface area contributed by atoms with E-state index in [0.29, 0.717) is 17.0 Å². The molecule has 1 amide bonds. The van der Waals surface area contributed by atoms with E-state index in [9.17, 15) is 4.79 Å². The maximum Gasteiger partial charge on any atom is 0.278 e. The molecule has 0 aliphatic carbocycles. The molecule has 0 fully saturated rings. The molecule has 0 atom stereocenters. The highest BCUT2D eigenvalue weighted by Crippen LogP contribution is 2.28. The fraction of sp³-hybridized carbons (Fsp3) is 0.154. The van der Waals surface area contributed by atoms with E-state index in [2.05, 4.69) is 10.4 Å². The second kappa shape index (κ2) is 5.32. The number of aromatic nitrogens is 2. The van der Waals surface area contributed by atoms with Crippen LogP contribution < -0.4 is 15.8 Å². The Morgan fingerprint density at radius 3 is 2.85 bits per heavy atom. The van der Waals surface area contributed by atoms with Crippen molar-refractivity contribution < 1.29 is 9.53 Å². The SMILES string of the molecule is COc1cccc(C#N)c1NC(=O)c1nn(C)cc1N. The van der Waals surface area contributed by atoms with E-state index in [-0.39, 0.29) is 11.4 Å². The zero-order valence-corrected chi connectivity index (χ0v) is 11.0. The predicted octanol–water partition coefficient (Wildman–Crippen LogP) is 1.13. The summed E-state index contributed by atoms with van der Waals surface area (Å²) in [5, 5.41) is 15.7. The Labute approximate surface area is 115 Å². The monoisotopic (exact) mass is 271 g/mol. The molecule has 0 aliphatic rings. The van der Waals surface area contributed by atoms with E-state index < -0.39 is 5.91 Å². The van der Waals surface area contributed by atoms with Gasteiger partial charge >= 0.3 is 0 Å². The number of anilines is 2. The Morgan fingerprint density at radius 1 is 1.55 bits per heavy atom. The number of hydrogen-bond donors (Lipinski definition) is 2. The van der Waals surface area contributed by atoms with Crippen molar-refractivity contribution >= 4 is 17.3 Å². The van der Waals surface area contributed by atoms with Gasteiger partial charge in [-0.25, -0.2) is 0 Å². The van der Waals surface area contributed by atoms with Gasteiger partial charge in [-0.1, -0.05) is 6.07 Å². The molecule has 0 saturated heterocycles. The summed E-state index contributed by atoms with van der Waals surface area (Å²) in [6.07, 6.45) is 1.53. The third-order valence-corrected chi connectivity index (χ3v) is 2.68. The van der Waals surface area contributed by atoms with Crippen LogP contribution in [-0.2, 0) is 7.05 Å². The quantitative estimate of drug-likeness (QED) is 0.870. The number of carbonyl (C=O) groups excluding carboxylic acids is 1. The summed E-state index contributed by atoms with van der Waals surface area (Å²) in [5.74, 6) is -0.101. The fourth-order valence-corrected chi connectivity index (χ4v) is 1.78. The minimum atomic E-state index is -0.496. The molecule has 1 aromatic carbocycles. The zero-order chi connectivity index (χ0) is 14.7. The van der Waals surface area contributed by atoms with Crippen molar-refractivity contribution in [1.29, 1.82) is 5.26 Å². The molecule has 0 unspecified atom stereocenters. The summed E-state index contributed by atoms with van der Waals surface area (Å²) in [4.78, 5) is 12.2. The average molecular weight is 271 g/mol. The third-order valence-electron chi connectivity index (χ3n) is 2.68. The van der Waals surface area contributed by atoms with E-state index >= 15 is 0 Å². The van der Waals surface area contributed by atoms with Gasteiger partial charge in [-0.3, -0.25) is 9.48 Å². The summed E-state index contributed by atoms with van der Waals surface area (Å²) in [5.41, 5.74) is 6.66. The Kier molecular flexibility index (Phi) is 3.57. The molecule has 7 nitrogen and oxygen atoms in total. The van der Waals surface area contributed by atoms with Gasteiger partial charge in [-0.05, 0) is 12.1 Å². The minimum Gasteiger partial charge on any atom is -0.495 e. The van der Waals surface area contributed by atoms with Gasteiger partial charge in [-0.15, -0.1) is 0 Å². The second-order valence-corrected chi connectivity index (χ2v) is 4.06. The lowest BCUT2D eigenvalue weighted by Gasteiger charge is -2.10. The number of hydrogen-bond acceptors (Lipinski definition) is 5. The Balaban J connectivity index is 2.37. The van der Waals surface area contributed by atoms with Gasteiger partial charge in [0.25, 0.3) is 5.91 Å². The first-order chi connectivity index (χ1) is 9.56. The van der Waals surface area contributed by atoms with E-state index in [1.165, 1.54) is 18.0 Å². The van der Waals surface area contributed by atoms with Crippen molar-refractivity contribution in [1.82, 2.24) is 9.78 Å². The zero-order valence-electron chi connectivity index (χ0n) is 11.0. The van der Waals surface area contributed by atoms with Crippen molar-refractivity contribution in [3.8, 4) is 11.8 Å². The third kappa shape index (κ3) is 2.40. The number of carbonyl (C=O) groups is 1. The Hall–Kier alpha value is -3.01. The molecular formula is C13H13N5O2. The van der Waals surface area contributed by atoms with E-state index in [0.717, 1.165) is 0 Å². The number of nitrogen functional groups attached to an aromatic ring is 1. The Morgan fingerprint density at radius 2 is 2.30 bits per heavy atom. The van der Waals surface area contributed by atoms with Crippen LogP contribution in [0.15, 0.2) is 24.4 Å². The molecule has 1 heterocycles. The summed E-state index contributed by atoms with van der Waals surface area (Å²) >= 11 is 0. The summed E-state index contributed by atoms with van der Waals surface area (Å²) in [6.45, 7) is 0. The molecular weight excluding hydrogens is 258 g/mol. The maximum absolute atomic E-state index is 12.2. The summed E-state index contributed by atoms with van der Waals surface area (Å²) < 4.78 is 6.58. The smallest absolute Gasteiger partial charge is 0.278 e. The van der Waals surface area contributed by atoms with Crippen LogP contribution in [0.4, 0.5) is 11.4 Å². The summed E-state index contributed by atoms with van der Waals surface area (Å²) in [6, 6.07) is 6.90. The lowest BCUT2D eigenvalue weighted by molar-refractivity contribution is 0.102. The van der Waals surface area contributed by atoms with Crippen molar-refractivity contribution in [2.45, 2.75) is 0 Å². The minimum absolute atomic E-state index is 0.0993. The first-order valence-corrected chi connectivity index (χ1v) is 5.74. The molecule has 0 radical (unpaired) electrons. The number of nitriles is 1. The number of ether oxygens (including phenoxy) is 1. The van der Waals surface area contributed by atoms with Gasteiger partial charge in [0.2, 0.25) is 0 Å². The van der Waals surface area contributed by atoms with E-state index in [4.69, 9.17) is 15.7 Å². The largest absolute Gasteiger partial charge is 0.495 e. The van der Waals surface area contributed by atoms with Crippen LogP contribution in [0.25, 0.3) is 0 Å². The van der Waals surface area contributed by atoms with Crippen LogP contribution in [0.3, 0.4) is 0 Å². The van der Waals surface area contributed by atoms with Gasteiger partial charge in [-0.2, -0.15) is 10.4 Å². The van der Waals surface area contributed by atoms with Crippen LogP contribution in [0.5, 0.6) is 5.75 Å². The highest BCUT2D eigenvalue weighted by Gasteiger charge is 2.18. The Bertz CT molecular complexity index is 699. The number of aryl methyl sites for hydroxylation is 1. The lowest BCUT2D eigenvalue weighted by atomic mass is 10.1. The van der Waals surface area contributed by atoms with E-state index in [1.807, 2.05) is 6.07 Å². The molecule has 0 aliphatic heterocycles. The predicted molar refractivity (Wildman–Crippen MR) is 73.3 cm³/mol. The molecule has 102 valence electrons. The number of nitrogens with one attached hydrogen (secondary N) is 1. The number of benzene rings is 1. The lowest BCUT2D eigenvalue weighted by Crippen LogP contribution is -2.16. The van der Waals surface area contributed by atoms with Crippen LogP contribution in [0.1, 0.15) is 16.1 Å². The molecule has 0 spiro atoms. The molecule has 1 aromatic heterocycles. The molecule has 2 aromatic rings. The van der Waals surface area contributed by atoms with Gasteiger partial charge in [0.15, 0.2) is 5.69 Å². The van der Waals surface area contributed by atoms with Crippen LogP contribution >= 0.6 is 0 Å². The van der Waals surface area contributed by atoms with Gasteiger partial charge in [0.05, 0.1) is 18.4 Å². The van der Waals surface area contributed by atoms with Crippen molar-refractivity contribution in [3.63, 3.8) is 0 Å². The van der Waals surface area contributed by atoms with Crippen LogP contribution in [0.2, 0.25) is 0 Å². The standard InChI is InChI=1S/C13H13N5O2/c1-18-7-9(15)12(17-18)13(19)16-11-8(6-14)4-3-5-10(11)20-2/h3-5,7H,15H2,1-2H3,(H,16,19). The van der Waals surface area contributed by atoms with Crippen molar-refractivity contribution in [3.05, 3.63) is 35.7 Å². The number of para-hydroxylation sites is 1. The van der Waals surface area contributed by atoms with Gasteiger partial charge in [0.1, 0.15) is 17.5 Å². The first-order valence-electron chi connectivity index (χ1n) is 5.74. The highest BCUT2D eigenvalue weighted by atomic mass is 16.5. The molecule has 0 saturated carbocycles. The molecule has 2 rings (SSSR count). The molecule has 20 heavy (non-hydrogen) atoms. The second-order valence-electron chi connectivity index (χ2n) is 4.06.